The first-order valence-corrected chi connectivity index (χ1v) is 7.53. The third-order valence-corrected chi connectivity index (χ3v) is 4.08. The van der Waals surface area contributed by atoms with E-state index < -0.39 is 11.6 Å². The zero-order valence-corrected chi connectivity index (χ0v) is 12.4. The van der Waals surface area contributed by atoms with Gasteiger partial charge < -0.3 is 0 Å². The number of halogens is 3. The number of fused-ring (bicyclic) bond motifs is 1. The van der Waals surface area contributed by atoms with Gasteiger partial charge >= 0.3 is 0 Å². The standard InChI is InChI=1S/C19H17F3/c1-2-3-12-8-17(21)19(18(22)9-12)15-5-4-14-11-16(20)7-6-13(14)10-15/h5-9,11H,2-4,10H2,1H3. The van der Waals surface area contributed by atoms with Crippen LogP contribution < -0.4 is 0 Å². The summed E-state index contributed by atoms with van der Waals surface area (Å²) in [6.07, 6.45) is 4.23. The molecule has 0 atom stereocenters. The molecule has 3 rings (SSSR count). The van der Waals surface area contributed by atoms with Crippen LogP contribution in [0.4, 0.5) is 13.2 Å². The molecule has 1 aliphatic carbocycles. The van der Waals surface area contributed by atoms with Gasteiger partial charge in [-0.3, -0.25) is 0 Å². The van der Waals surface area contributed by atoms with Crippen LogP contribution in [0.15, 0.2) is 36.4 Å². The minimum absolute atomic E-state index is 0.0508. The van der Waals surface area contributed by atoms with Crippen molar-refractivity contribution >= 4 is 5.57 Å². The average molecular weight is 302 g/mol. The fourth-order valence-electron chi connectivity index (χ4n) is 3.02. The van der Waals surface area contributed by atoms with Crippen LogP contribution in [-0.2, 0) is 19.3 Å². The van der Waals surface area contributed by atoms with Crippen molar-refractivity contribution in [3.8, 4) is 0 Å². The Labute approximate surface area is 128 Å². The largest absolute Gasteiger partial charge is 0.207 e. The van der Waals surface area contributed by atoms with Crippen molar-refractivity contribution in [3.63, 3.8) is 0 Å². The summed E-state index contributed by atoms with van der Waals surface area (Å²) in [5.41, 5.74) is 3.18. The molecule has 3 heteroatoms. The van der Waals surface area contributed by atoms with E-state index in [1.807, 2.05) is 6.92 Å². The van der Waals surface area contributed by atoms with Gasteiger partial charge in [-0.1, -0.05) is 25.5 Å². The Morgan fingerprint density at radius 3 is 2.36 bits per heavy atom. The van der Waals surface area contributed by atoms with E-state index in [1.54, 1.807) is 12.1 Å². The Balaban J connectivity index is 1.96. The van der Waals surface area contributed by atoms with Crippen LogP contribution in [0.2, 0.25) is 0 Å². The lowest BCUT2D eigenvalue weighted by molar-refractivity contribution is 0.571. The van der Waals surface area contributed by atoms with Crippen molar-refractivity contribution in [2.75, 3.05) is 0 Å². The molecule has 2 aromatic rings. The highest BCUT2D eigenvalue weighted by atomic mass is 19.1. The summed E-state index contributed by atoms with van der Waals surface area (Å²) in [5.74, 6) is -1.31. The van der Waals surface area contributed by atoms with Crippen molar-refractivity contribution in [1.29, 1.82) is 0 Å². The Morgan fingerprint density at radius 1 is 0.955 bits per heavy atom. The van der Waals surface area contributed by atoms with Crippen LogP contribution in [0, 0.1) is 17.5 Å². The highest BCUT2D eigenvalue weighted by Crippen LogP contribution is 2.31. The summed E-state index contributed by atoms with van der Waals surface area (Å²) in [7, 11) is 0. The van der Waals surface area contributed by atoms with E-state index in [1.165, 1.54) is 24.3 Å². The fraction of sp³-hybridized carbons (Fsp3) is 0.263. The molecular formula is C19H17F3. The van der Waals surface area contributed by atoms with Gasteiger partial charge in [0.25, 0.3) is 0 Å². The molecule has 0 aliphatic heterocycles. The van der Waals surface area contributed by atoms with Crippen LogP contribution in [0.1, 0.15) is 35.6 Å². The first kappa shape index (κ1) is 14.9. The van der Waals surface area contributed by atoms with Gasteiger partial charge in [-0.15, -0.1) is 0 Å². The number of aryl methyl sites for hydroxylation is 1. The Morgan fingerprint density at radius 2 is 1.68 bits per heavy atom. The zero-order valence-electron chi connectivity index (χ0n) is 12.4. The number of hydrogen-bond acceptors (Lipinski definition) is 0. The molecule has 0 spiro atoms. The highest BCUT2D eigenvalue weighted by Gasteiger charge is 2.19. The van der Waals surface area contributed by atoms with Crippen LogP contribution in [0.5, 0.6) is 0 Å². The zero-order chi connectivity index (χ0) is 15.7. The Bertz CT molecular complexity index is 721. The second kappa shape index (κ2) is 5.99. The maximum atomic E-state index is 14.3. The van der Waals surface area contributed by atoms with Crippen molar-refractivity contribution in [3.05, 3.63) is 76.1 Å². The van der Waals surface area contributed by atoms with Gasteiger partial charge in [-0.25, -0.2) is 13.2 Å². The predicted molar refractivity (Wildman–Crippen MR) is 82.1 cm³/mol. The van der Waals surface area contributed by atoms with Gasteiger partial charge in [0.1, 0.15) is 17.5 Å². The molecular weight excluding hydrogens is 285 g/mol. The van der Waals surface area contributed by atoms with Crippen molar-refractivity contribution < 1.29 is 13.2 Å². The normalized spacial score (nSPS) is 13.7. The van der Waals surface area contributed by atoms with Gasteiger partial charge in [-0.05, 0) is 65.8 Å². The maximum absolute atomic E-state index is 14.3. The number of rotatable bonds is 3. The summed E-state index contributed by atoms with van der Waals surface area (Å²) < 4.78 is 41.9. The van der Waals surface area contributed by atoms with Gasteiger partial charge in [0, 0.05) is 5.56 Å². The fourth-order valence-corrected chi connectivity index (χ4v) is 3.02. The first-order chi connectivity index (χ1) is 10.6. The first-order valence-electron chi connectivity index (χ1n) is 7.53. The van der Waals surface area contributed by atoms with Gasteiger partial charge in [0.2, 0.25) is 0 Å². The second-order valence-corrected chi connectivity index (χ2v) is 5.71. The molecule has 1 aliphatic rings. The van der Waals surface area contributed by atoms with E-state index >= 15 is 0 Å². The SMILES string of the molecule is CCCc1cc(F)c(C2=CCc3cc(F)ccc3C2)c(F)c1. The molecule has 22 heavy (non-hydrogen) atoms. The maximum Gasteiger partial charge on any atom is 0.133 e. The molecule has 114 valence electrons. The molecule has 0 fully saturated rings. The smallest absolute Gasteiger partial charge is 0.133 e. The summed E-state index contributed by atoms with van der Waals surface area (Å²) >= 11 is 0. The summed E-state index contributed by atoms with van der Waals surface area (Å²) in [5, 5.41) is 0. The van der Waals surface area contributed by atoms with E-state index in [4.69, 9.17) is 0 Å². The topological polar surface area (TPSA) is 0 Å². The van der Waals surface area contributed by atoms with E-state index in [-0.39, 0.29) is 11.4 Å². The molecule has 0 aromatic heterocycles. The van der Waals surface area contributed by atoms with Crippen LogP contribution >= 0.6 is 0 Å². The van der Waals surface area contributed by atoms with Crippen LogP contribution in [0.3, 0.4) is 0 Å². The van der Waals surface area contributed by atoms with E-state index in [2.05, 4.69) is 0 Å². The minimum Gasteiger partial charge on any atom is -0.207 e. The summed E-state index contributed by atoms with van der Waals surface area (Å²) in [6.45, 7) is 1.98. The predicted octanol–water partition coefficient (Wildman–Crippen LogP) is 5.24. The van der Waals surface area contributed by atoms with Crippen LogP contribution in [-0.4, -0.2) is 0 Å². The molecule has 0 radical (unpaired) electrons. The van der Waals surface area contributed by atoms with E-state index in [9.17, 15) is 13.2 Å². The van der Waals surface area contributed by atoms with E-state index in [0.29, 0.717) is 30.4 Å². The summed E-state index contributed by atoms with van der Waals surface area (Å²) in [4.78, 5) is 0. The van der Waals surface area contributed by atoms with Crippen molar-refractivity contribution in [2.24, 2.45) is 0 Å². The lowest BCUT2D eigenvalue weighted by Crippen LogP contribution is -2.07. The Kier molecular flexibility index (Phi) is 4.06. The third-order valence-electron chi connectivity index (χ3n) is 4.08. The highest BCUT2D eigenvalue weighted by molar-refractivity contribution is 5.71. The number of allylic oxidation sites excluding steroid dienone is 2. The Hall–Kier alpha value is -2.03. The van der Waals surface area contributed by atoms with Crippen LogP contribution in [0.25, 0.3) is 5.57 Å². The number of hydrogen-bond donors (Lipinski definition) is 0. The lowest BCUT2D eigenvalue weighted by Gasteiger charge is -2.19. The lowest BCUT2D eigenvalue weighted by atomic mass is 9.87. The molecule has 0 heterocycles. The van der Waals surface area contributed by atoms with Gasteiger partial charge in [0.15, 0.2) is 0 Å². The quantitative estimate of drug-likeness (QED) is 0.727. The molecule has 0 N–H and O–H groups in total. The van der Waals surface area contributed by atoms with Gasteiger partial charge in [0.05, 0.1) is 0 Å². The molecule has 0 saturated carbocycles. The average Bonchev–Trinajstić information content (AvgIpc) is 2.47. The molecule has 0 nitrogen and oxygen atoms in total. The molecule has 0 amide bonds. The van der Waals surface area contributed by atoms with Crippen molar-refractivity contribution in [1.82, 2.24) is 0 Å². The number of benzene rings is 2. The van der Waals surface area contributed by atoms with E-state index in [0.717, 1.165) is 17.5 Å². The summed E-state index contributed by atoms with van der Waals surface area (Å²) in [6, 6.07) is 7.41. The van der Waals surface area contributed by atoms with Crippen molar-refractivity contribution in [2.45, 2.75) is 32.6 Å². The van der Waals surface area contributed by atoms with Gasteiger partial charge in [-0.2, -0.15) is 0 Å². The molecule has 0 unspecified atom stereocenters. The second-order valence-electron chi connectivity index (χ2n) is 5.71. The minimum atomic E-state index is -0.514. The monoisotopic (exact) mass is 302 g/mol. The molecule has 0 saturated heterocycles. The third kappa shape index (κ3) is 2.80. The molecule has 0 bridgehead atoms. The molecule has 2 aromatic carbocycles.